The number of nitrogens with two attached hydrogens (primary N) is 1. The molecule has 2 atom stereocenters. The van der Waals surface area contributed by atoms with Crippen LogP contribution in [-0.2, 0) is 24.4 Å². The molecule has 2 aliphatic heterocycles. The van der Waals surface area contributed by atoms with Crippen LogP contribution in [0.5, 0.6) is 0 Å². The second-order valence-corrected chi connectivity index (χ2v) is 8.51. The average molecular weight is 396 g/mol. The van der Waals surface area contributed by atoms with E-state index in [1.807, 2.05) is 0 Å². The highest BCUT2D eigenvalue weighted by molar-refractivity contribution is 7.89. The van der Waals surface area contributed by atoms with Crippen LogP contribution in [0.4, 0.5) is 0 Å². The highest BCUT2D eigenvalue weighted by Crippen LogP contribution is 2.34. The molecule has 0 aromatic carbocycles. The summed E-state index contributed by atoms with van der Waals surface area (Å²) in [7, 11) is -4.03. The molecule has 2 amide bonds. The van der Waals surface area contributed by atoms with Crippen molar-refractivity contribution in [1.82, 2.24) is 9.21 Å². The summed E-state index contributed by atoms with van der Waals surface area (Å²) >= 11 is 0. The molecular weight excluding hydrogens is 376 g/mol. The number of sulfonamides is 1. The van der Waals surface area contributed by atoms with Crippen molar-refractivity contribution in [3.8, 4) is 0 Å². The molecule has 11 heteroatoms. The Labute approximate surface area is 156 Å². The zero-order valence-electron chi connectivity index (χ0n) is 14.5. The maximum Gasteiger partial charge on any atom is 0.249 e. The molecule has 1 aromatic heterocycles. The van der Waals surface area contributed by atoms with Crippen LogP contribution < -0.4 is 10.5 Å². The topological polar surface area (TPSA) is 145 Å². The highest BCUT2D eigenvalue weighted by atomic mass is 32.2. The number of carbonyl (C=O) groups is 3. The third-order valence-electron chi connectivity index (χ3n) is 4.87. The van der Waals surface area contributed by atoms with Crippen molar-refractivity contribution in [2.45, 2.75) is 42.7 Å². The highest BCUT2D eigenvalue weighted by Gasteiger charge is 2.53. The summed E-state index contributed by atoms with van der Waals surface area (Å²) in [5, 5.41) is 11.4. The molecule has 146 valence electrons. The third-order valence-corrected chi connectivity index (χ3v) is 6.72. The largest absolute Gasteiger partial charge is 0.619 e. The van der Waals surface area contributed by atoms with Gasteiger partial charge in [0.2, 0.25) is 21.8 Å². The zero-order valence-corrected chi connectivity index (χ0v) is 15.3. The number of hydrogen-bond acceptors (Lipinski definition) is 6. The number of nitrogens with zero attached hydrogens (tertiary/aromatic N) is 3. The first-order chi connectivity index (χ1) is 12.7. The Kier molecular flexibility index (Phi) is 5.16. The molecule has 2 fully saturated rings. The van der Waals surface area contributed by atoms with Crippen molar-refractivity contribution in [3.05, 3.63) is 29.7 Å². The van der Waals surface area contributed by atoms with Gasteiger partial charge >= 0.3 is 0 Å². The van der Waals surface area contributed by atoms with E-state index in [1.165, 1.54) is 23.2 Å². The smallest absolute Gasteiger partial charge is 0.249 e. The lowest BCUT2D eigenvalue weighted by Gasteiger charge is -2.24. The number of Topliss-reactive ketones (excluding diaryl/α,β-unsaturated/α-hetero) is 1. The Balaban J connectivity index is 1.77. The lowest BCUT2D eigenvalue weighted by atomic mass is 10.1. The van der Waals surface area contributed by atoms with E-state index in [2.05, 4.69) is 0 Å². The number of aromatic nitrogens is 1. The van der Waals surface area contributed by atoms with Crippen LogP contribution in [0.3, 0.4) is 0 Å². The molecule has 0 spiro atoms. The van der Waals surface area contributed by atoms with Gasteiger partial charge < -0.3 is 15.8 Å². The molecule has 2 aliphatic rings. The minimum absolute atomic E-state index is 0.0705. The van der Waals surface area contributed by atoms with E-state index >= 15 is 0 Å². The molecule has 1 aromatic rings. The van der Waals surface area contributed by atoms with Crippen LogP contribution in [0, 0.1) is 5.21 Å². The summed E-state index contributed by atoms with van der Waals surface area (Å²) in [6.07, 6.45) is 2.87. The first-order valence-corrected chi connectivity index (χ1v) is 9.97. The normalized spacial score (nSPS) is 22.8. The van der Waals surface area contributed by atoms with E-state index < -0.39 is 28.0 Å². The predicted molar refractivity (Wildman–Crippen MR) is 91.3 cm³/mol. The van der Waals surface area contributed by atoms with Crippen LogP contribution >= 0.6 is 0 Å². The van der Waals surface area contributed by atoms with Gasteiger partial charge in [-0.15, -0.1) is 0 Å². The molecule has 2 saturated heterocycles. The van der Waals surface area contributed by atoms with Gasteiger partial charge in [-0.1, -0.05) is 0 Å². The van der Waals surface area contributed by atoms with E-state index in [9.17, 15) is 28.0 Å². The molecular formula is C16H20N4O6S. The van der Waals surface area contributed by atoms with Gasteiger partial charge in [0, 0.05) is 25.5 Å². The molecule has 27 heavy (non-hydrogen) atoms. The van der Waals surface area contributed by atoms with E-state index in [-0.39, 0.29) is 48.9 Å². The number of carbonyl (C=O) groups excluding carboxylic acids is 3. The third kappa shape index (κ3) is 3.65. The zero-order chi connectivity index (χ0) is 19.8. The molecule has 2 unspecified atom stereocenters. The van der Waals surface area contributed by atoms with Gasteiger partial charge in [-0.05, 0) is 18.9 Å². The summed E-state index contributed by atoms with van der Waals surface area (Å²) in [4.78, 5) is 36.9. The van der Waals surface area contributed by atoms with Gasteiger partial charge in [0.15, 0.2) is 18.2 Å². The Morgan fingerprint density at radius 2 is 2.07 bits per heavy atom. The van der Waals surface area contributed by atoms with Crippen LogP contribution in [0.25, 0.3) is 0 Å². The minimum Gasteiger partial charge on any atom is -0.619 e. The SMILES string of the molecule is NC(=O)CCCC(=O)N1CCC2C1C(=O)CN2S(=O)(=O)c1ccc[n+]([O-])c1. The fraction of sp³-hybridized carbons (Fsp3) is 0.500. The minimum atomic E-state index is -4.03. The van der Waals surface area contributed by atoms with Gasteiger partial charge in [-0.3, -0.25) is 14.4 Å². The van der Waals surface area contributed by atoms with E-state index in [1.54, 1.807) is 0 Å². The van der Waals surface area contributed by atoms with Gasteiger partial charge in [0.1, 0.15) is 10.9 Å². The second-order valence-electron chi connectivity index (χ2n) is 6.62. The van der Waals surface area contributed by atoms with Crippen LogP contribution in [0.2, 0.25) is 0 Å². The molecule has 0 saturated carbocycles. The maximum absolute atomic E-state index is 12.9. The monoisotopic (exact) mass is 396 g/mol. The lowest BCUT2D eigenvalue weighted by molar-refractivity contribution is -0.607. The number of primary amides is 1. The Morgan fingerprint density at radius 1 is 1.33 bits per heavy atom. The molecule has 3 rings (SSSR count). The standard InChI is InChI=1S/C16H20N4O6S/c17-14(22)4-1-5-15(23)19-8-6-12-16(19)13(21)10-20(12)27(25,26)11-3-2-7-18(24)9-11/h2-3,7,9,12,16H,1,4-6,8,10H2,(H2,17,22). The van der Waals surface area contributed by atoms with Gasteiger partial charge in [0.05, 0.1) is 12.6 Å². The molecule has 3 heterocycles. The van der Waals surface area contributed by atoms with Crippen molar-refractivity contribution in [2.24, 2.45) is 5.73 Å². The maximum atomic E-state index is 12.9. The number of likely N-dealkylation sites (tertiary alicyclic amines) is 1. The molecule has 0 bridgehead atoms. The fourth-order valence-corrected chi connectivity index (χ4v) is 5.29. The second kappa shape index (κ2) is 7.24. The average Bonchev–Trinajstić information content (AvgIpc) is 3.16. The Hall–Kier alpha value is -2.53. The van der Waals surface area contributed by atoms with Gasteiger partial charge in [0.25, 0.3) is 0 Å². The number of pyridine rings is 1. The summed E-state index contributed by atoms with van der Waals surface area (Å²) in [5.41, 5.74) is 5.06. The van der Waals surface area contributed by atoms with Crippen molar-refractivity contribution < 1.29 is 27.5 Å². The molecule has 10 nitrogen and oxygen atoms in total. The lowest BCUT2D eigenvalue weighted by Crippen LogP contribution is -2.43. The molecule has 2 N–H and O–H groups in total. The Morgan fingerprint density at radius 3 is 2.74 bits per heavy atom. The quantitative estimate of drug-likeness (QED) is 0.458. The van der Waals surface area contributed by atoms with Crippen LogP contribution in [0.1, 0.15) is 25.7 Å². The summed E-state index contributed by atoms with van der Waals surface area (Å²) in [6.45, 7) is -0.0741. The number of fused-ring (bicyclic) bond motifs is 1. The summed E-state index contributed by atoms with van der Waals surface area (Å²) in [5.74, 6) is -1.15. The van der Waals surface area contributed by atoms with Gasteiger partial charge in [-0.2, -0.15) is 9.04 Å². The van der Waals surface area contributed by atoms with Gasteiger partial charge in [-0.25, -0.2) is 8.42 Å². The summed E-state index contributed by atoms with van der Waals surface area (Å²) < 4.78 is 27.2. The first-order valence-electron chi connectivity index (χ1n) is 8.53. The van der Waals surface area contributed by atoms with E-state index in [4.69, 9.17) is 5.73 Å². The van der Waals surface area contributed by atoms with Crippen LogP contribution in [-0.4, -0.2) is 60.4 Å². The number of hydrogen-bond donors (Lipinski definition) is 1. The number of amides is 2. The fourth-order valence-electron chi connectivity index (χ4n) is 3.65. The summed E-state index contributed by atoms with van der Waals surface area (Å²) in [6, 6.07) is 1.13. The van der Waals surface area contributed by atoms with Crippen molar-refractivity contribution in [2.75, 3.05) is 13.1 Å². The molecule has 0 aliphatic carbocycles. The number of ketones is 1. The van der Waals surface area contributed by atoms with E-state index in [0.717, 1.165) is 10.5 Å². The first kappa shape index (κ1) is 19.2. The van der Waals surface area contributed by atoms with Crippen molar-refractivity contribution in [3.63, 3.8) is 0 Å². The van der Waals surface area contributed by atoms with E-state index in [0.29, 0.717) is 11.2 Å². The van der Waals surface area contributed by atoms with Crippen molar-refractivity contribution >= 4 is 27.6 Å². The molecule has 0 radical (unpaired) electrons. The van der Waals surface area contributed by atoms with Crippen LogP contribution in [0.15, 0.2) is 29.4 Å². The number of rotatable bonds is 6. The van der Waals surface area contributed by atoms with Crippen molar-refractivity contribution in [1.29, 1.82) is 0 Å². The predicted octanol–water partition coefficient (Wildman–Crippen LogP) is -1.48. The Bertz CT molecular complexity index is 887.